The summed E-state index contributed by atoms with van der Waals surface area (Å²) in [5.74, 6) is 1.46. The number of amides is 1. The number of carbonyl (C=O) groups excluding carboxylic acids is 1. The van der Waals surface area contributed by atoms with Gasteiger partial charge in [0.2, 0.25) is 0 Å². The molecule has 0 aliphatic carbocycles. The van der Waals surface area contributed by atoms with Gasteiger partial charge in [-0.15, -0.1) is 0 Å². The van der Waals surface area contributed by atoms with Crippen LogP contribution in [0.2, 0.25) is 0 Å². The van der Waals surface area contributed by atoms with Crippen LogP contribution in [-0.4, -0.2) is 53.3 Å². The van der Waals surface area contributed by atoms with Gasteiger partial charge in [-0.25, -0.2) is 9.78 Å². The molecule has 1 amide bonds. The summed E-state index contributed by atoms with van der Waals surface area (Å²) in [6, 6.07) is 10.9. The Labute approximate surface area is 199 Å². The van der Waals surface area contributed by atoms with E-state index in [9.17, 15) is 9.59 Å². The van der Waals surface area contributed by atoms with Crippen molar-refractivity contribution in [2.24, 2.45) is 0 Å². The Hall–Kier alpha value is -3.55. The molecule has 0 unspecified atom stereocenters. The Morgan fingerprint density at radius 1 is 1.00 bits per heavy atom. The molecule has 1 aliphatic heterocycles. The van der Waals surface area contributed by atoms with Gasteiger partial charge in [-0.05, 0) is 69.4 Å². The van der Waals surface area contributed by atoms with Gasteiger partial charge in [-0.2, -0.15) is 0 Å². The second-order valence-corrected chi connectivity index (χ2v) is 9.48. The predicted octanol–water partition coefficient (Wildman–Crippen LogP) is 4.49. The highest BCUT2D eigenvalue weighted by atomic mass is 16.6. The van der Waals surface area contributed by atoms with Crippen molar-refractivity contribution in [3.8, 4) is 22.8 Å². The Balaban J connectivity index is 1.54. The van der Waals surface area contributed by atoms with E-state index < -0.39 is 5.60 Å². The fourth-order valence-electron chi connectivity index (χ4n) is 4.23. The topological polar surface area (TPSA) is 82.4 Å². The van der Waals surface area contributed by atoms with Crippen LogP contribution in [0.3, 0.4) is 0 Å². The van der Waals surface area contributed by atoms with Crippen LogP contribution in [0.25, 0.3) is 16.9 Å². The van der Waals surface area contributed by atoms with E-state index in [-0.39, 0.29) is 17.6 Å². The molecule has 1 fully saturated rings. The highest BCUT2D eigenvalue weighted by molar-refractivity contribution is 5.68. The van der Waals surface area contributed by atoms with Crippen molar-refractivity contribution in [1.29, 1.82) is 0 Å². The number of carbonyl (C=O) groups is 1. The fourth-order valence-corrected chi connectivity index (χ4v) is 4.23. The molecule has 0 atom stereocenters. The van der Waals surface area contributed by atoms with Gasteiger partial charge in [-0.3, -0.25) is 9.20 Å². The second kappa shape index (κ2) is 9.37. The summed E-state index contributed by atoms with van der Waals surface area (Å²) < 4.78 is 17.7. The first-order valence-corrected chi connectivity index (χ1v) is 11.4. The molecule has 0 N–H and O–H groups in total. The number of aromatic nitrogens is 2. The van der Waals surface area contributed by atoms with E-state index in [1.165, 1.54) is 6.07 Å². The number of nitrogens with zero attached hydrogens (tertiary/aromatic N) is 3. The number of fused-ring (bicyclic) bond motifs is 1. The maximum atomic E-state index is 13.0. The zero-order valence-electron chi connectivity index (χ0n) is 20.3. The van der Waals surface area contributed by atoms with Crippen molar-refractivity contribution in [3.05, 3.63) is 58.5 Å². The van der Waals surface area contributed by atoms with Crippen LogP contribution in [0.15, 0.2) is 47.4 Å². The molecule has 3 heterocycles. The van der Waals surface area contributed by atoms with Crippen molar-refractivity contribution in [1.82, 2.24) is 14.3 Å². The van der Waals surface area contributed by atoms with Crippen LogP contribution >= 0.6 is 0 Å². The maximum Gasteiger partial charge on any atom is 0.410 e. The molecule has 8 heteroatoms. The van der Waals surface area contributed by atoms with Crippen LogP contribution < -0.4 is 15.0 Å². The molecule has 4 rings (SSSR count). The molecule has 3 aromatic rings. The monoisotopic (exact) mass is 465 g/mol. The lowest BCUT2D eigenvalue weighted by Crippen LogP contribution is -2.41. The number of hydrogen-bond donors (Lipinski definition) is 0. The van der Waals surface area contributed by atoms with E-state index in [1.807, 2.05) is 51.2 Å². The normalized spacial score (nSPS) is 14.8. The Morgan fingerprint density at radius 2 is 1.71 bits per heavy atom. The van der Waals surface area contributed by atoms with Crippen LogP contribution in [0, 0.1) is 0 Å². The minimum Gasteiger partial charge on any atom is -0.493 e. The number of piperidine rings is 1. The van der Waals surface area contributed by atoms with Gasteiger partial charge in [0.05, 0.1) is 19.9 Å². The summed E-state index contributed by atoms with van der Waals surface area (Å²) in [5.41, 5.74) is 2.34. The van der Waals surface area contributed by atoms with Crippen molar-refractivity contribution in [2.45, 2.75) is 45.1 Å². The van der Waals surface area contributed by atoms with Gasteiger partial charge in [0, 0.05) is 30.9 Å². The second-order valence-electron chi connectivity index (χ2n) is 9.48. The smallest absolute Gasteiger partial charge is 0.410 e. The average molecular weight is 466 g/mol. The summed E-state index contributed by atoms with van der Waals surface area (Å²) in [6.07, 6.45) is 3.23. The molecular weight excluding hydrogens is 434 g/mol. The summed E-state index contributed by atoms with van der Waals surface area (Å²) >= 11 is 0. The van der Waals surface area contributed by atoms with E-state index in [2.05, 4.69) is 4.98 Å². The molecule has 1 aromatic carbocycles. The van der Waals surface area contributed by atoms with Gasteiger partial charge < -0.3 is 19.1 Å². The minimum atomic E-state index is -0.504. The molecule has 1 aliphatic rings. The van der Waals surface area contributed by atoms with Crippen molar-refractivity contribution >= 4 is 11.7 Å². The van der Waals surface area contributed by atoms with E-state index in [1.54, 1.807) is 29.6 Å². The minimum absolute atomic E-state index is 0.150. The van der Waals surface area contributed by atoms with Crippen molar-refractivity contribution < 1.29 is 19.0 Å². The molecule has 0 bridgehead atoms. The third kappa shape index (κ3) is 5.00. The Morgan fingerprint density at radius 3 is 2.35 bits per heavy atom. The molecule has 34 heavy (non-hydrogen) atoms. The first kappa shape index (κ1) is 23.6. The number of ether oxygens (including phenoxy) is 3. The van der Waals surface area contributed by atoms with Gasteiger partial charge in [0.25, 0.3) is 5.56 Å². The van der Waals surface area contributed by atoms with E-state index >= 15 is 0 Å². The summed E-state index contributed by atoms with van der Waals surface area (Å²) in [7, 11) is 3.15. The number of likely N-dealkylation sites (tertiary alicyclic amines) is 1. The van der Waals surface area contributed by atoms with Crippen LogP contribution in [0.4, 0.5) is 4.79 Å². The van der Waals surface area contributed by atoms with Crippen molar-refractivity contribution in [3.63, 3.8) is 0 Å². The standard InChI is InChI=1S/C26H31N3O5/c1-26(2,3)34-25(31)28-12-10-17(11-13-28)19-7-9-23-27-20(15-24(30)29(23)16-19)18-6-8-21(32-4)22(14-18)33-5/h6-9,14-17H,10-13H2,1-5H3. The first-order chi connectivity index (χ1) is 16.2. The quantitative estimate of drug-likeness (QED) is 0.565. The number of methoxy groups -OCH3 is 2. The van der Waals surface area contributed by atoms with Gasteiger partial charge >= 0.3 is 6.09 Å². The molecule has 1 saturated heterocycles. The largest absolute Gasteiger partial charge is 0.493 e. The predicted molar refractivity (Wildman–Crippen MR) is 130 cm³/mol. The Kier molecular flexibility index (Phi) is 6.50. The highest BCUT2D eigenvalue weighted by Crippen LogP contribution is 2.32. The van der Waals surface area contributed by atoms with E-state index in [0.29, 0.717) is 35.9 Å². The van der Waals surface area contributed by atoms with Gasteiger partial charge in [0.15, 0.2) is 11.5 Å². The van der Waals surface area contributed by atoms with Crippen LogP contribution in [-0.2, 0) is 4.74 Å². The molecule has 8 nitrogen and oxygen atoms in total. The average Bonchev–Trinajstić information content (AvgIpc) is 2.82. The molecule has 0 saturated carbocycles. The van der Waals surface area contributed by atoms with E-state index in [0.717, 1.165) is 24.0 Å². The lowest BCUT2D eigenvalue weighted by atomic mass is 9.90. The lowest BCUT2D eigenvalue weighted by molar-refractivity contribution is 0.0205. The number of pyridine rings is 1. The zero-order chi connectivity index (χ0) is 24.5. The SMILES string of the molecule is COc1ccc(-c2cc(=O)n3cc(C4CCN(C(=O)OC(C)(C)C)CC4)ccc3n2)cc1OC. The molecule has 180 valence electrons. The highest BCUT2D eigenvalue weighted by Gasteiger charge is 2.27. The number of hydrogen-bond acceptors (Lipinski definition) is 6. The zero-order valence-corrected chi connectivity index (χ0v) is 20.3. The Bertz CT molecular complexity index is 1250. The van der Waals surface area contributed by atoms with Crippen LogP contribution in [0.5, 0.6) is 11.5 Å². The van der Waals surface area contributed by atoms with Crippen LogP contribution in [0.1, 0.15) is 45.1 Å². The summed E-state index contributed by atoms with van der Waals surface area (Å²) in [6.45, 7) is 6.87. The first-order valence-electron chi connectivity index (χ1n) is 11.4. The van der Waals surface area contributed by atoms with Crippen molar-refractivity contribution in [2.75, 3.05) is 27.3 Å². The van der Waals surface area contributed by atoms with Gasteiger partial charge in [0.1, 0.15) is 11.2 Å². The molecule has 0 spiro atoms. The molecular formula is C26H31N3O5. The van der Waals surface area contributed by atoms with E-state index in [4.69, 9.17) is 14.2 Å². The number of rotatable bonds is 4. The molecule has 0 radical (unpaired) electrons. The summed E-state index contributed by atoms with van der Waals surface area (Å²) in [4.78, 5) is 31.7. The molecule has 2 aromatic heterocycles. The number of benzene rings is 1. The third-order valence-corrected chi connectivity index (χ3v) is 5.98. The maximum absolute atomic E-state index is 13.0. The van der Waals surface area contributed by atoms with Gasteiger partial charge in [-0.1, -0.05) is 6.07 Å². The summed E-state index contributed by atoms with van der Waals surface area (Å²) in [5, 5.41) is 0. The third-order valence-electron chi connectivity index (χ3n) is 5.98. The lowest BCUT2D eigenvalue weighted by Gasteiger charge is -2.33. The fraction of sp³-hybridized carbons (Fsp3) is 0.423.